The number of carbonyl (C=O) groups is 1. The molecule has 0 aliphatic carbocycles. The van der Waals surface area contributed by atoms with Gasteiger partial charge in [-0.25, -0.2) is 9.78 Å². The van der Waals surface area contributed by atoms with Crippen LogP contribution in [-0.4, -0.2) is 25.8 Å². The van der Waals surface area contributed by atoms with Crippen LogP contribution in [0.4, 0.5) is 0 Å². The van der Waals surface area contributed by atoms with E-state index in [4.69, 9.17) is 0 Å². The van der Waals surface area contributed by atoms with E-state index >= 15 is 0 Å². The summed E-state index contributed by atoms with van der Waals surface area (Å²) in [6, 6.07) is 9.70. The van der Waals surface area contributed by atoms with Gasteiger partial charge in [-0.1, -0.05) is 43.7 Å². The van der Waals surface area contributed by atoms with Crippen molar-refractivity contribution in [3.63, 3.8) is 0 Å². The molecule has 2 heterocycles. The number of thioether (sulfide) groups is 1. The first-order valence-corrected chi connectivity index (χ1v) is 10.9. The molecular weight excluding hydrogens is 400 g/mol. The minimum Gasteiger partial charge on any atom is -0.351 e. The third-order valence-corrected chi connectivity index (χ3v) is 6.14. The Bertz CT molecular complexity index is 1170. The van der Waals surface area contributed by atoms with Crippen LogP contribution in [0.2, 0.25) is 0 Å². The van der Waals surface area contributed by atoms with Gasteiger partial charge in [-0.3, -0.25) is 18.7 Å². The molecule has 3 rings (SSSR count). The van der Waals surface area contributed by atoms with Crippen molar-refractivity contribution in [1.82, 2.24) is 19.4 Å². The van der Waals surface area contributed by atoms with Crippen molar-refractivity contribution in [3.05, 3.63) is 68.5 Å². The number of amides is 1. The van der Waals surface area contributed by atoms with Gasteiger partial charge in [-0.05, 0) is 24.0 Å². The van der Waals surface area contributed by atoms with Crippen molar-refractivity contribution in [1.29, 1.82) is 0 Å². The molecular formula is C22H26N4O3S. The summed E-state index contributed by atoms with van der Waals surface area (Å²) >= 11 is 1.33. The molecule has 8 heteroatoms. The summed E-state index contributed by atoms with van der Waals surface area (Å²) < 4.78 is 2.47. The molecule has 1 N–H and O–H groups in total. The molecule has 0 aliphatic rings. The fourth-order valence-corrected chi connectivity index (χ4v) is 4.28. The molecule has 0 unspecified atom stereocenters. The van der Waals surface area contributed by atoms with E-state index in [1.54, 1.807) is 13.2 Å². The minimum absolute atomic E-state index is 0.114. The largest absolute Gasteiger partial charge is 0.351 e. The zero-order valence-electron chi connectivity index (χ0n) is 17.5. The number of pyridine rings is 1. The molecule has 30 heavy (non-hydrogen) atoms. The van der Waals surface area contributed by atoms with E-state index in [1.165, 1.54) is 23.4 Å². The standard InChI is InChI=1S/C22H26N4O3S/c1-4-5-11-16-13-24-20-18(21(28)26(3)22(29)25(20)2)19(16)30-14-17(27)23-12-15-9-7-6-8-10-15/h6-10,13H,4-5,11-12,14H2,1-3H3,(H,23,27). The second kappa shape index (κ2) is 9.75. The van der Waals surface area contributed by atoms with Crippen LogP contribution in [0.25, 0.3) is 11.0 Å². The van der Waals surface area contributed by atoms with Crippen LogP contribution in [0.15, 0.2) is 51.0 Å². The molecule has 158 valence electrons. The third kappa shape index (κ3) is 4.64. The predicted octanol–water partition coefficient (Wildman–Crippen LogP) is 2.38. The summed E-state index contributed by atoms with van der Waals surface area (Å²) in [6.07, 6.45) is 4.44. The number of carbonyl (C=O) groups excluding carboxylic acids is 1. The third-order valence-electron chi connectivity index (χ3n) is 4.97. The van der Waals surface area contributed by atoms with E-state index in [9.17, 15) is 14.4 Å². The minimum atomic E-state index is -0.419. The van der Waals surface area contributed by atoms with Gasteiger partial charge in [0.25, 0.3) is 5.56 Å². The number of aromatic nitrogens is 3. The fourth-order valence-electron chi connectivity index (χ4n) is 3.24. The van der Waals surface area contributed by atoms with Crippen molar-refractivity contribution in [2.75, 3.05) is 5.75 Å². The number of rotatable bonds is 8. The lowest BCUT2D eigenvalue weighted by Crippen LogP contribution is -2.37. The van der Waals surface area contributed by atoms with E-state index in [0.717, 1.165) is 39.9 Å². The first-order valence-electron chi connectivity index (χ1n) is 9.95. The molecule has 0 saturated heterocycles. The van der Waals surface area contributed by atoms with Gasteiger partial charge in [-0.15, -0.1) is 11.8 Å². The van der Waals surface area contributed by atoms with Crippen molar-refractivity contribution in [2.24, 2.45) is 14.1 Å². The van der Waals surface area contributed by atoms with Gasteiger partial charge < -0.3 is 5.32 Å². The maximum Gasteiger partial charge on any atom is 0.332 e. The number of hydrogen-bond acceptors (Lipinski definition) is 5. The van der Waals surface area contributed by atoms with Crippen LogP contribution in [0, 0.1) is 0 Å². The smallest absolute Gasteiger partial charge is 0.332 e. The molecule has 0 aliphatic heterocycles. The van der Waals surface area contributed by atoms with E-state index in [0.29, 0.717) is 17.6 Å². The molecule has 0 saturated carbocycles. The highest BCUT2D eigenvalue weighted by atomic mass is 32.2. The van der Waals surface area contributed by atoms with E-state index in [1.807, 2.05) is 30.3 Å². The second-order valence-electron chi connectivity index (χ2n) is 7.17. The van der Waals surface area contributed by atoms with Gasteiger partial charge in [0.05, 0.1) is 11.1 Å². The summed E-state index contributed by atoms with van der Waals surface area (Å²) in [6.45, 7) is 2.55. The molecule has 3 aromatic rings. The molecule has 0 radical (unpaired) electrons. The van der Waals surface area contributed by atoms with Gasteiger partial charge in [0.2, 0.25) is 5.91 Å². The lowest BCUT2D eigenvalue weighted by atomic mass is 10.1. The van der Waals surface area contributed by atoms with Crippen molar-refractivity contribution < 1.29 is 4.79 Å². The maximum atomic E-state index is 12.9. The van der Waals surface area contributed by atoms with Crippen LogP contribution < -0.4 is 16.6 Å². The highest BCUT2D eigenvalue weighted by molar-refractivity contribution is 8.00. The lowest BCUT2D eigenvalue weighted by Gasteiger charge is -2.14. The number of nitrogens with one attached hydrogen (secondary N) is 1. The number of fused-ring (bicyclic) bond motifs is 1. The van der Waals surface area contributed by atoms with Crippen LogP contribution in [0.1, 0.15) is 30.9 Å². The summed E-state index contributed by atoms with van der Waals surface area (Å²) in [7, 11) is 3.06. The molecule has 1 aromatic carbocycles. The Morgan fingerprint density at radius 1 is 1.13 bits per heavy atom. The molecule has 2 aromatic heterocycles. The average Bonchev–Trinajstić information content (AvgIpc) is 2.77. The summed E-state index contributed by atoms with van der Waals surface area (Å²) in [5.74, 6) is 0.0637. The first kappa shape index (κ1) is 21.8. The van der Waals surface area contributed by atoms with Gasteiger partial charge >= 0.3 is 5.69 Å². The number of aryl methyl sites for hydroxylation is 2. The normalized spacial score (nSPS) is 11.0. The molecule has 0 atom stereocenters. The topological polar surface area (TPSA) is 86.0 Å². The summed E-state index contributed by atoms with van der Waals surface area (Å²) in [5.41, 5.74) is 1.50. The monoisotopic (exact) mass is 426 g/mol. The highest BCUT2D eigenvalue weighted by Gasteiger charge is 2.18. The Morgan fingerprint density at radius 3 is 2.57 bits per heavy atom. The predicted molar refractivity (Wildman–Crippen MR) is 120 cm³/mol. The molecule has 1 amide bonds. The van der Waals surface area contributed by atoms with Crippen molar-refractivity contribution in [2.45, 2.75) is 37.6 Å². The number of nitrogens with zero attached hydrogens (tertiary/aromatic N) is 3. The Morgan fingerprint density at radius 2 is 1.87 bits per heavy atom. The van der Waals surface area contributed by atoms with Crippen LogP contribution in [0.5, 0.6) is 0 Å². The number of benzene rings is 1. The van der Waals surface area contributed by atoms with Crippen LogP contribution in [0.3, 0.4) is 0 Å². The van der Waals surface area contributed by atoms with Gasteiger partial charge in [0, 0.05) is 31.7 Å². The molecule has 0 spiro atoms. The van der Waals surface area contributed by atoms with Crippen molar-refractivity contribution >= 4 is 28.7 Å². The fraction of sp³-hybridized carbons (Fsp3) is 0.364. The second-order valence-corrected chi connectivity index (χ2v) is 8.16. The summed E-state index contributed by atoms with van der Waals surface area (Å²) in [4.78, 5) is 42.7. The molecule has 7 nitrogen and oxygen atoms in total. The SMILES string of the molecule is CCCCc1cnc2c(c1SCC(=O)NCc1ccccc1)c(=O)n(C)c(=O)n2C. The van der Waals surface area contributed by atoms with Crippen molar-refractivity contribution in [3.8, 4) is 0 Å². The Labute approximate surface area is 179 Å². The Balaban J connectivity index is 1.91. The lowest BCUT2D eigenvalue weighted by molar-refractivity contribution is -0.118. The first-order chi connectivity index (χ1) is 14.4. The van der Waals surface area contributed by atoms with Gasteiger partial charge in [-0.2, -0.15) is 0 Å². The average molecular weight is 427 g/mol. The maximum absolute atomic E-state index is 12.9. The zero-order chi connectivity index (χ0) is 21.7. The van der Waals surface area contributed by atoms with Crippen LogP contribution in [-0.2, 0) is 31.9 Å². The van der Waals surface area contributed by atoms with Gasteiger partial charge in [0.15, 0.2) is 0 Å². The number of unbranched alkanes of at least 4 members (excludes halogenated alkanes) is 1. The highest BCUT2D eigenvalue weighted by Crippen LogP contribution is 2.29. The summed E-state index contributed by atoms with van der Waals surface area (Å²) in [5, 5.41) is 3.31. The van der Waals surface area contributed by atoms with Crippen LogP contribution >= 0.6 is 11.8 Å². The van der Waals surface area contributed by atoms with Gasteiger partial charge in [0.1, 0.15) is 5.65 Å². The quantitative estimate of drug-likeness (QED) is 0.559. The van der Waals surface area contributed by atoms with E-state index in [2.05, 4.69) is 17.2 Å². The molecule has 0 fully saturated rings. The Kier molecular flexibility index (Phi) is 7.10. The Hall–Kier alpha value is -2.87. The van der Waals surface area contributed by atoms with E-state index < -0.39 is 5.69 Å². The van der Waals surface area contributed by atoms with E-state index in [-0.39, 0.29) is 17.2 Å². The zero-order valence-corrected chi connectivity index (χ0v) is 18.3. The molecule has 0 bridgehead atoms. The number of hydrogen-bond donors (Lipinski definition) is 1.